The summed E-state index contributed by atoms with van der Waals surface area (Å²) in [4.78, 5) is 8.08. The van der Waals surface area contributed by atoms with Crippen LogP contribution in [0.25, 0.3) is 0 Å². The number of nitrogens with zero attached hydrogens (tertiary/aromatic N) is 3. The summed E-state index contributed by atoms with van der Waals surface area (Å²) in [5, 5.41) is 9.00. The number of hydrogen-bond donors (Lipinski definition) is 1. The highest BCUT2D eigenvalue weighted by Gasteiger charge is 2.35. The molecule has 1 aromatic rings. The molecule has 0 bridgehead atoms. The fourth-order valence-corrected chi connectivity index (χ4v) is 1.30. The van der Waals surface area contributed by atoms with E-state index in [1.807, 2.05) is 0 Å². The van der Waals surface area contributed by atoms with E-state index in [0.29, 0.717) is 13.1 Å². The highest BCUT2D eigenvalue weighted by atomic mass is 19.4. The van der Waals surface area contributed by atoms with E-state index < -0.39 is 18.1 Å². The maximum Gasteiger partial charge on any atom is 0.451 e. The Morgan fingerprint density at radius 3 is 2.60 bits per heavy atom. The van der Waals surface area contributed by atoms with E-state index in [0.717, 1.165) is 6.20 Å². The molecule has 0 spiro atoms. The number of alkyl halides is 3. The maximum atomic E-state index is 12.2. The molecule has 1 N–H and O–H groups in total. The van der Waals surface area contributed by atoms with E-state index in [4.69, 9.17) is 5.11 Å². The zero-order valence-electron chi connectivity index (χ0n) is 7.57. The Labute approximate surface area is 83.4 Å². The molecule has 1 saturated heterocycles. The average molecular weight is 219 g/mol. The van der Waals surface area contributed by atoms with E-state index in [9.17, 15) is 13.2 Å². The number of rotatable bonds is 1. The molecule has 0 aliphatic carbocycles. The first-order valence-electron chi connectivity index (χ1n) is 4.30. The Hall–Kier alpha value is -1.37. The second-order valence-electron chi connectivity index (χ2n) is 3.30. The van der Waals surface area contributed by atoms with Gasteiger partial charge in [-0.05, 0) is 6.07 Å². The molecule has 0 radical (unpaired) electrons. The van der Waals surface area contributed by atoms with Gasteiger partial charge in [0.25, 0.3) is 0 Å². The zero-order valence-corrected chi connectivity index (χ0v) is 7.57. The largest absolute Gasteiger partial charge is 0.451 e. The topological polar surface area (TPSA) is 49.2 Å². The molecule has 1 aromatic heterocycles. The lowest BCUT2D eigenvalue weighted by Gasteiger charge is -2.36. The first kappa shape index (κ1) is 10.2. The van der Waals surface area contributed by atoms with Crippen LogP contribution in [-0.4, -0.2) is 34.3 Å². The van der Waals surface area contributed by atoms with E-state index in [1.54, 1.807) is 4.90 Å². The van der Waals surface area contributed by atoms with E-state index >= 15 is 0 Å². The number of halogens is 3. The van der Waals surface area contributed by atoms with Gasteiger partial charge in [-0.15, -0.1) is 0 Å². The Morgan fingerprint density at radius 2 is 2.07 bits per heavy atom. The molecule has 1 aliphatic rings. The summed E-state index contributed by atoms with van der Waals surface area (Å²) >= 11 is 0. The first-order valence-corrected chi connectivity index (χ1v) is 4.30. The van der Waals surface area contributed by atoms with Gasteiger partial charge in [-0.25, -0.2) is 9.97 Å². The highest BCUT2D eigenvalue weighted by molar-refractivity contribution is 5.41. The molecule has 0 aromatic carbocycles. The molecule has 0 amide bonds. The van der Waals surface area contributed by atoms with Crippen LogP contribution in [0, 0.1) is 0 Å². The molecule has 7 heteroatoms. The lowest BCUT2D eigenvalue weighted by Crippen LogP contribution is -2.51. The normalized spacial score (nSPS) is 17.7. The minimum absolute atomic E-state index is 0.197. The van der Waals surface area contributed by atoms with Crippen LogP contribution in [0.3, 0.4) is 0 Å². The van der Waals surface area contributed by atoms with Crippen LogP contribution in [0.15, 0.2) is 12.3 Å². The van der Waals surface area contributed by atoms with E-state index in [-0.39, 0.29) is 5.82 Å². The lowest BCUT2D eigenvalue weighted by molar-refractivity contribution is -0.144. The van der Waals surface area contributed by atoms with Crippen LogP contribution < -0.4 is 4.90 Å². The number of anilines is 1. The highest BCUT2D eigenvalue weighted by Crippen LogP contribution is 2.27. The summed E-state index contributed by atoms with van der Waals surface area (Å²) in [7, 11) is 0. The van der Waals surface area contributed by atoms with Gasteiger partial charge in [0.2, 0.25) is 5.82 Å². The van der Waals surface area contributed by atoms with Crippen molar-refractivity contribution in [2.24, 2.45) is 0 Å². The lowest BCUT2D eigenvalue weighted by atomic mass is 10.2. The first-order chi connectivity index (χ1) is 6.97. The second-order valence-corrected chi connectivity index (χ2v) is 3.30. The Morgan fingerprint density at radius 1 is 1.40 bits per heavy atom. The third-order valence-electron chi connectivity index (χ3n) is 2.08. The van der Waals surface area contributed by atoms with Crippen molar-refractivity contribution in [3.8, 4) is 0 Å². The van der Waals surface area contributed by atoms with Crippen LogP contribution in [0.5, 0.6) is 0 Å². The van der Waals surface area contributed by atoms with Crippen LogP contribution in [0.1, 0.15) is 5.82 Å². The summed E-state index contributed by atoms with van der Waals surface area (Å²) in [6.45, 7) is 0.628. The molecule has 2 heterocycles. The molecule has 15 heavy (non-hydrogen) atoms. The Kier molecular flexibility index (Phi) is 2.26. The minimum Gasteiger partial charge on any atom is -0.389 e. The molecular weight excluding hydrogens is 211 g/mol. The third kappa shape index (κ3) is 2.01. The molecule has 2 rings (SSSR count). The van der Waals surface area contributed by atoms with Crippen molar-refractivity contribution >= 4 is 5.82 Å². The van der Waals surface area contributed by atoms with E-state index in [2.05, 4.69) is 9.97 Å². The van der Waals surface area contributed by atoms with Gasteiger partial charge in [0.1, 0.15) is 5.82 Å². The molecule has 1 aliphatic heterocycles. The predicted molar refractivity (Wildman–Crippen MR) is 45.3 cm³/mol. The second kappa shape index (κ2) is 3.34. The van der Waals surface area contributed by atoms with Crippen molar-refractivity contribution in [1.29, 1.82) is 0 Å². The van der Waals surface area contributed by atoms with Crippen molar-refractivity contribution in [3.63, 3.8) is 0 Å². The molecule has 1 fully saturated rings. The van der Waals surface area contributed by atoms with Crippen LogP contribution in [-0.2, 0) is 6.18 Å². The molecular formula is C8H8F3N3O. The van der Waals surface area contributed by atoms with Gasteiger partial charge in [-0.2, -0.15) is 13.2 Å². The standard InChI is InChI=1S/C8H8F3N3O/c9-8(10,11)7-12-2-1-6(13-7)14-3-5(15)4-14/h1-2,5,15H,3-4H2. The minimum atomic E-state index is -4.53. The monoisotopic (exact) mass is 219 g/mol. The van der Waals surface area contributed by atoms with Gasteiger partial charge in [0, 0.05) is 19.3 Å². The number of aliphatic hydroxyl groups is 1. The van der Waals surface area contributed by atoms with Crippen molar-refractivity contribution < 1.29 is 18.3 Å². The number of hydrogen-bond acceptors (Lipinski definition) is 4. The molecule has 0 unspecified atom stereocenters. The summed E-state index contributed by atoms with van der Waals surface area (Å²) in [6.07, 6.45) is -3.94. The van der Waals surface area contributed by atoms with Gasteiger partial charge >= 0.3 is 6.18 Å². The summed E-state index contributed by atoms with van der Waals surface area (Å²) in [5.74, 6) is -0.955. The van der Waals surface area contributed by atoms with Crippen LogP contribution in [0.4, 0.5) is 19.0 Å². The van der Waals surface area contributed by atoms with Gasteiger partial charge in [0.05, 0.1) is 6.10 Å². The third-order valence-corrected chi connectivity index (χ3v) is 2.08. The quantitative estimate of drug-likeness (QED) is 0.754. The number of aromatic nitrogens is 2. The van der Waals surface area contributed by atoms with Crippen molar-refractivity contribution in [3.05, 3.63) is 18.1 Å². The fourth-order valence-electron chi connectivity index (χ4n) is 1.30. The van der Waals surface area contributed by atoms with Gasteiger partial charge in [-0.3, -0.25) is 0 Å². The van der Waals surface area contributed by atoms with Gasteiger partial charge < -0.3 is 10.0 Å². The Bertz CT molecular complexity index is 362. The summed E-state index contributed by atoms with van der Waals surface area (Å²) in [5.41, 5.74) is 0. The molecule has 4 nitrogen and oxygen atoms in total. The Balaban J connectivity index is 2.20. The smallest absolute Gasteiger partial charge is 0.389 e. The maximum absolute atomic E-state index is 12.2. The van der Waals surface area contributed by atoms with Crippen molar-refractivity contribution in [1.82, 2.24) is 9.97 Å². The van der Waals surface area contributed by atoms with Gasteiger partial charge in [0.15, 0.2) is 0 Å². The zero-order chi connectivity index (χ0) is 11.1. The summed E-state index contributed by atoms with van der Waals surface area (Å²) < 4.78 is 36.7. The molecule has 0 atom stereocenters. The van der Waals surface area contributed by atoms with Crippen molar-refractivity contribution in [2.75, 3.05) is 18.0 Å². The van der Waals surface area contributed by atoms with E-state index in [1.165, 1.54) is 6.07 Å². The molecule has 82 valence electrons. The predicted octanol–water partition coefficient (Wildman–Crippen LogP) is 0.676. The van der Waals surface area contributed by atoms with Crippen LogP contribution in [0.2, 0.25) is 0 Å². The number of β-amino-alcohol motifs (C(OH)–C–C–N with tert-alkyl or cyclic N) is 1. The van der Waals surface area contributed by atoms with Crippen LogP contribution >= 0.6 is 0 Å². The average Bonchev–Trinajstić information content (AvgIpc) is 2.12. The fraction of sp³-hybridized carbons (Fsp3) is 0.500. The summed E-state index contributed by atoms with van der Waals surface area (Å²) in [6, 6.07) is 1.39. The van der Waals surface area contributed by atoms with Gasteiger partial charge in [-0.1, -0.05) is 0 Å². The number of aliphatic hydroxyl groups excluding tert-OH is 1. The SMILES string of the molecule is OC1CN(c2ccnc(C(F)(F)F)n2)C1. The van der Waals surface area contributed by atoms with Crippen molar-refractivity contribution in [2.45, 2.75) is 12.3 Å². The molecule has 0 saturated carbocycles.